The number of fused-ring (bicyclic) bond motifs is 1. The third-order valence-corrected chi connectivity index (χ3v) is 6.13. The smallest absolute Gasteiger partial charge is 0.240 e. The van der Waals surface area contributed by atoms with E-state index in [1.807, 2.05) is 52.6 Å². The minimum absolute atomic E-state index is 0.113. The molecule has 2 aromatic heterocycles. The van der Waals surface area contributed by atoms with Gasteiger partial charge in [0.25, 0.3) is 0 Å². The van der Waals surface area contributed by atoms with Gasteiger partial charge in [0.15, 0.2) is 0 Å². The summed E-state index contributed by atoms with van der Waals surface area (Å²) in [5.74, 6) is 1.20. The molecule has 148 valence electrons. The Kier molecular flexibility index (Phi) is 5.97. The van der Waals surface area contributed by atoms with Crippen LogP contribution in [-0.4, -0.2) is 21.7 Å². The number of halogens is 1. The predicted octanol–water partition coefficient (Wildman–Crippen LogP) is 5.01. The SMILES string of the molecule is CSCc1nc2ccccc2n1CC(=O)NC(c1ccc(F)cc1)c1cccs1. The van der Waals surface area contributed by atoms with Gasteiger partial charge in [-0.25, -0.2) is 9.37 Å². The lowest BCUT2D eigenvalue weighted by molar-refractivity contribution is -0.122. The minimum atomic E-state index is -0.318. The van der Waals surface area contributed by atoms with Gasteiger partial charge < -0.3 is 9.88 Å². The second-order valence-electron chi connectivity index (χ2n) is 6.60. The Balaban J connectivity index is 1.61. The van der Waals surface area contributed by atoms with E-state index in [0.717, 1.165) is 33.1 Å². The molecule has 0 fully saturated rings. The van der Waals surface area contributed by atoms with Crippen LogP contribution in [-0.2, 0) is 17.1 Å². The number of carbonyl (C=O) groups excluding carboxylic acids is 1. The quantitative estimate of drug-likeness (QED) is 0.453. The third kappa shape index (κ3) is 4.36. The lowest BCUT2D eigenvalue weighted by Crippen LogP contribution is -2.32. The van der Waals surface area contributed by atoms with Crippen molar-refractivity contribution in [3.05, 3.63) is 88.1 Å². The maximum absolute atomic E-state index is 13.4. The molecule has 4 aromatic rings. The van der Waals surface area contributed by atoms with Crippen LogP contribution in [0.25, 0.3) is 11.0 Å². The van der Waals surface area contributed by atoms with E-state index in [1.54, 1.807) is 35.2 Å². The minimum Gasteiger partial charge on any atom is -0.343 e. The normalized spacial score (nSPS) is 12.2. The molecule has 1 amide bonds. The van der Waals surface area contributed by atoms with Gasteiger partial charge >= 0.3 is 0 Å². The number of amides is 1. The highest BCUT2D eigenvalue weighted by atomic mass is 32.2. The molecule has 0 bridgehead atoms. The zero-order valence-electron chi connectivity index (χ0n) is 15.8. The number of carbonyl (C=O) groups is 1. The van der Waals surface area contributed by atoms with Gasteiger partial charge in [-0.05, 0) is 47.5 Å². The van der Waals surface area contributed by atoms with Crippen LogP contribution >= 0.6 is 23.1 Å². The van der Waals surface area contributed by atoms with Crippen molar-refractivity contribution in [2.24, 2.45) is 0 Å². The molecule has 7 heteroatoms. The van der Waals surface area contributed by atoms with E-state index in [0.29, 0.717) is 0 Å². The molecule has 0 saturated heterocycles. The van der Waals surface area contributed by atoms with E-state index in [-0.39, 0.29) is 24.3 Å². The van der Waals surface area contributed by atoms with Crippen LogP contribution in [0.1, 0.15) is 22.3 Å². The fourth-order valence-corrected chi connectivity index (χ4v) is 4.60. The largest absolute Gasteiger partial charge is 0.343 e. The molecule has 29 heavy (non-hydrogen) atoms. The highest BCUT2D eigenvalue weighted by Crippen LogP contribution is 2.26. The maximum atomic E-state index is 13.4. The lowest BCUT2D eigenvalue weighted by Gasteiger charge is -2.19. The Morgan fingerprint density at radius 3 is 2.69 bits per heavy atom. The first-order valence-corrected chi connectivity index (χ1v) is 11.4. The molecule has 4 rings (SSSR count). The fraction of sp³-hybridized carbons (Fsp3) is 0.182. The summed E-state index contributed by atoms with van der Waals surface area (Å²) in [4.78, 5) is 18.7. The molecule has 0 aliphatic heterocycles. The number of para-hydroxylation sites is 2. The van der Waals surface area contributed by atoms with Crippen molar-refractivity contribution in [2.45, 2.75) is 18.3 Å². The zero-order valence-corrected chi connectivity index (χ0v) is 17.5. The summed E-state index contributed by atoms with van der Waals surface area (Å²) in [7, 11) is 0. The number of nitrogens with one attached hydrogen (secondary N) is 1. The second-order valence-corrected chi connectivity index (χ2v) is 8.45. The molecule has 1 atom stereocenters. The average Bonchev–Trinajstić information content (AvgIpc) is 3.36. The van der Waals surface area contributed by atoms with E-state index in [2.05, 4.69) is 10.3 Å². The standard InChI is InChI=1S/C22H20FN3OS2/c1-28-14-20-24-17-5-2-3-6-18(17)26(20)13-21(27)25-22(19-7-4-12-29-19)15-8-10-16(23)11-9-15/h2-12,22H,13-14H2,1H3,(H,25,27). The molecular weight excluding hydrogens is 405 g/mol. The summed E-state index contributed by atoms with van der Waals surface area (Å²) in [5, 5.41) is 5.09. The van der Waals surface area contributed by atoms with E-state index in [1.165, 1.54) is 12.1 Å². The van der Waals surface area contributed by atoms with E-state index in [4.69, 9.17) is 0 Å². The Hall–Kier alpha value is -2.64. The van der Waals surface area contributed by atoms with Crippen molar-refractivity contribution < 1.29 is 9.18 Å². The lowest BCUT2D eigenvalue weighted by atomic mass is 10.1. The van der Waals surface area contributed by atoms with Gasteiger partial charge in [-0.15, -0.1) is 11.3 Å². The zero-order chi connectivity index (χ0) is 20.2. The number of imidazole rings is 1. The summed E-state index contributed by atoms with van der Waals surface area (Å²) in [5.41, 5.74) is 2.68. The first kappa shape index (κ1) is 19.7. The van der Waals surface area contributed by atoms with Crippen LogP contribution in [0.3, 0.4) is 0 Å². The Morgan fingerprint density at radius 1 is 1.17 bits per heavy atom. The van der Waals surface area contributed by atoms with Crippen molar-refractivity contribution in [1.29, 1.82) is 0 Å². The Bertz CT molecular complexity index is 1110. The van der Waals surface area contributed by atoms with Crippen LogP contribution in [0.5, 0.6) is 0 Å². The molecule has 0 aliphatic rings. The number of hydrogen-bond acceptors (Lipinski definition) is 4. The third-order valence-electron chi connectivity index (χ3n) is 4.65. The number of aromatic nitrogens is 2. The molecule has 0 radical (unpaired) electrons. The molecule has 1 N–H and O–H groups in total. The summed E-state index contributed by atoms with van der Waals surface area (Å²) < 4.78 is 15.3. The summed E-state index contributed by atoms with van der Waals surface area (Å²) >= 11 is 3.24. The van der Waals surface area contributed by atoms with Crippen molar-refractivity contribution in [3.8, 4) is 0 Å². The molecule has 0 spiro atoms. The second kappa shape index (κ2) is 8.80. The first-order chi connectivity index (χ1) is 14.2. The van der Waals surface area contributed by atoms with Crippen LogP contribution in [0, 0.1) is 5.82 Å². The van der Waals surface area contributed by atoms with E-state index < -0.39 is 0 Å². The van der Waals surface area contributed by atoms with Crippen LogP contribution in [0.2, 0.25) is 0 Å². The van der Waals surface area contributed by atoms with Crippen molar-refractivity contribution in [1.82, 2.24) is 14.9 Å². The summed E-state index contributed by atoms with van der Waals surface area (Å²) in [6, 6.07) is 17.7. The number of rotatable bonds is 7. The van der Waals surface area contributed by atoms with Gasteiger partial charge in [0, 0.05) is 4.88 Å². The molecule has 2 aromatic carbocycles. The predicted molar refractivity (Wildman–Crippen MR) is 118 cm³/mol. The van der Waals surface area contributed by atoms with Gasteiger partial charge in [-0.3, -0.25) is 4.79 Å². The number of benzene rings is 2. The van der Waals surface area contributed by atoms with Crippen molar-refractivity contribution >= 4 is 40.0 Å². The Morgan fingerprint density at radius 2 is 1.97 bits per heavy atom. The molecule has 2 heterocycles. The van der Waals surface area contributed by atoms with Crippen LogP contribution in [0.15, 0.2) is 66.0 Å². The van der Waals surface area contributed by atoms with Crippen LogP contribution in [0.4, 0.5) is 4.39 Å². The topological polar surface area (TPSA) is 46.9 Å². The van der Waals surface area contributed by atoms with Gasteiger partial charge in [-0.2, -0.15) is 11.8 Å². The van der Waals surface area contributed by atoms with Gasteiger partial charge in [-0.1, -0.05) is 30.3 Å². The van der Waals surface area contributed by atoms with E-state index in [9.17, 15) is 9.18 Å². The molecule has 0 saturated carbocycles. The van der Waals surface area contributed by atoms with E-state index >= 15 is 0 Å². The van der Waals surface area contributed by atoms with Gasteiger partial charge in [0.2, 0.25) is 5.91 Å². The highest BCUT2D eigenvalue weighted by molar-refractivity contribution is 7.97. The highest BCUT2D eigenvalue weighted by Gasteiger charge is 2.20. The van der Waals surface area contributed by atoms with Crippen molar-refractivity contribution in [2.75, 3.05) is 6.26 Å². The molecule has 0 aliphatic carbocycles. The molecule has 4 nitrogen and oxygen atoms in total. The molecule has 1 unspecified atom stereocenters. The summed E-state index contributed by atoms with van der Waals surface area (Å²) in [6.07, 6.45) is 2.02. The average molecular weight is 426 g/mol. The monoisotopic (exact) mass is 425 g/mol. The molecular formula is C22H20FN3OS2. The maximum Gasteiger partial charge on any atom is 0.240 e. The fourth-order valence-electron chi connectivity index (χ4n) is 3.32. The first-order valence-electron chi connectivity index (χ1n) is 9.17. The van der Waals surface area contributed by atoms with Gasteiger partial charge in [0.1, 0.15) is 18.2 Å². The number of hydrogen-bond donors (Lipinski definition) is 1. The van der Waals surface area contributed by atoms with Crippen molar-refractivity contribution in [3.63, 3.8) is 0 Å². The number of nitrogens with zero attached hydrogens (tertiary/aromatic N) is 2. The summed E-state index contributed by atoms with van der Waals surface area (Å²) in [6.45, 7) is 0.180. The van der Waals surface area contributed by atoms with Gasteiger partial charge in [0.05, 0.1) is 22.8 Å². The number of thioether (sulfide) groups is 1. The number of thiophene rings is 1. The Labute approximate surface area is 176 Å². The van der Waals surface area contributed by atoms with Crippen LogP contribution < -0.4 is 5.32 Å².